The number of hydrogen-bond donors (Lipinski definition) is 3. The zero-order valence-electron chi connectivity index (χ0n) is 14.2. The molecule has 0 aliphatic carbocycles. The highest BCUT2D eigenvalue weighted by molar-refractivity contribution is 6.09. The van der Waals surface area contributed by atoms with Gasteiger partial charge in [-0.05, 0) is 47.5 Å². The zero-order chi connectivity index (χ0) is 18.2. The quantitative estimate of drug-likeness (QED) is 0.450. The van der Waals surface area contributed by atoms with Crippen molar-refractivity contribution in [2.45, 2.75) is 0 Å². The van der Waals surface area contributed by atoms with Crippen molar-refractivity contribution < 1.29 is 4.79 Å². The number of aromatic nitrogens is 4. The van der Waals surface area contributed by atoms with Crippen molar-refractivity contribution in [1.82, 2.24) is 20.2 Å². The number of rotatable bonds is 3. The Bertz CT molecular complexity index is 1270. The maximum Gasteiger partial charge on any atom is 0.274 e. The lowest BCUT2D eigenvalue weighted by Crippen LogP contribution is -2.13. The van der Waals surface area contributed by atoms with Gasteiger partial charge in [0, 0.05) is 28.7 Å². The molecule has 3 aromatic heterocycles. The second-order valence-corrected chi connectivity index (χ2v) is 6.27. The maximum absolute atomic E-state index is 12.6. The summed E-state index contributed by atoms with van der Waals surface area (Å²) in [4.78, 5) is 19.9. The maximum atomic E-state index is 12.6. The third-order valence-corrected chi connectivity index (χ3v) is 4.61. The van der Waals surface area contributed by atoms with Gasteiger partial charge in [0.2, 0.25) is 0 Å². The number of aromatic amines is 2. The van der Waals surface area contributed by atoms with Crippen LogP contribution in [-0.2, 0) is 0 Å². The minimum atomic E-state index is -0.255. The second-order valence-electron chi connectivity index (χ2n) is 6.27. The molecule has 1 amide bonds. The van der Waals surface area contributed by atoms with E-state index in [1.807, 2.05) is 36.5 Å². The monoisotopic (exact) mass is 353 g/mol. The van der Waals surface area contributed by atoms with Crippen LogP contribution in [-0.4, -0.2) is 26.1 Å². The number of nitrogens with one attached hydrogen (secondary N) is 3. The largest absolute Gasteiger partial charge is 0.361 e. The first kappa shape index (κ1) is 15.3. The van der Waals surface area contributed by atoms with Crippen molar-refractivity contribution in [2.75, 3.05) is 5.32 Å². The number of H-pyrrole nitrogens is 2. The van der Waals surface area contributed by atoms with E-state index in [4.69, 9.17) is 0 Å². The van der Waals surface area contributed by atoms with Gasteiger partial charge < -0.3 is 10.3 Å². The molecule has 3 heterocycles. The molecule has 3 N–H and O–H groups in total. The number of anilines is 1. The van der Waals surface area contributed by atoms with E-state index in [1.165, 1.54) is 0 Å². The number of amides is 1. The van der Waals surface area contributed by atoms with Crippen molar-refractivity contribution >= 4 is 33.4 Å². The summed E-state index contributed by atoms with van der Waals surface area (Å²) < 4.78 is 0. The van der Waals surface area contributed by atoms with Gasteiger partial charge in [0.1, 0.15) is 5.69 Å². The van der Waals surface area contributed by atoms with E-state index in [0.717, 1.165) is 32.9 Å². The summed E-state index contributed by atoms with van der Waals surface area (Å²) in [5, 5.41) is 12.1. The van der Waals surface area contributed by atoms with Crippen LogP contribution in [0.2, 0.25) is 0 Å². The van der Waals surface area contributed by atoms with Gasteiger partial charge in [-0.15, -0.1) is 0 Å². The Hall–Kier alpha value is -3.93. The molecule has 0 atom stereocenters. The molecule has 5 aromatic rings. The standard InChI is InChI=1S/C21H15N5O/c27-21(18-5-1-2-8-22-18)25-19-10-13(11-20-16(19)12-24-26-20)14-4-3-6-17-15(14)7-9-23-17/h1-12,23H,(H,24,26)(H,25,27). The lowest BCUT2D eigenvalue weighted by Gasteiger charge is -2.10. The average Bonchev–Trinajstić information content (AvgIpc) is 3.37. The molecule has 0 bridgehead atoms. The third-order valence-electron chi connectivity index (χ3n) is 4.61. The highest BCUT2D eigenvalue weighted by atomic mass is 16.1. The number of carbonyl (C=O) groups excluding carboxylic acids is 1. The predicted octanol–water partition coefficient (Wildman–Crippen LogP) is 4.36. The zero-order valence-corrected chi connectivity index (χ0v) is 14.2. The SMILES string of the molecule is O=C(Nc1cc(-c2cccc3[nH]ccc23)cc2[nH]ncc12)c1ccccn1. The first-order valence-corrected chi connectivity index (χ1v) is 8.55. The molecule has 130 valence electrons. The molecule has 0 spiro atoms. The molecule has 0 unspecified atom stereocenters. The summed E-state index contributed by atoms with van der Waals surface area (Å²) in [6.07, 6.45) is 5.24. The number of hydrogen-bond acceptors (Lipinski definition) is 3. The summed E-state index contributed by atoms with van der Waals surface area (Å²) in [7, 11) is 0. The fourth-order valence-corrected chi connectivity index (χ4v) is 3.33. The Kier molecular flexibility index (Phi) is 3.47. The second kappa shape index (κ2) is 6.10. The Balaban J connectivity index is 1.64. The summed E-state index contributed by atoms with van der Waals surface area (Å²) in [6.45, 7) is 0. The number of pyridine rings is 1. The highest BCUT2D eigenvalue weighted by Gasteiger charge is 2.13. The first-order valence-electron chi connectivity index (χ1n) is 8.55. The number of benzene rings is 2. The summed E-state index contributed by atoms with van der Waals surface area (Å²) >= 11 is 0. The van der Waals surface area contributed by atoms with Gasteiger partial charge in [-0.3, -0.25) is 14.9 Å². The number of carbonyl (C=O) groups is 1. The Morgan fingerprint density at radius 2 is 1.93 bits per heavy atom. The smallest absolute Gasteiger partial charge is 0.274 e. The molecular formula is C21H15N5O. The lowest BCUT2D eigenvalue weighted by molar-refractivity contribution is 0.102. The topological polar surface area (TPSA) is 86.5 Å². The van der Waals surface area contributed by atoms with Crippen molar-refractivity contribution in [1.29, 1.82) is 0 Å². The fraction of sp³-hybridized carbons (Fsp3) is 0. The molecular weight excluding hydrogens is 338 g/mol. The molecule has 5 rings (SSSR count). The first-order chi connectivity index (χ1) is 13.3. The van der Waals surface area contributed by atoms with Gasteiger partial charge in [-0.2, -0.15) is 5.10 Å². The minimum absolute atomic E-state index is 0.255. The van der Waals surface area contributed by atoms with Crippen molar-refractivity contribution in [3.05, 3.63) is 78.9 Å². The molecule has 0 aliphatic rings. The van der Waals surface area contributed by atoms with Gasteiger partial charge in [0.05, 0.1) is 17.4 Å². The van der Waals surface area contributed by atoms with Gasteiger partial charge in [-0.1, -0.05) is 18.2 Å². The van der Waals surface area contributed by atoms with Gasteiger partial charge in [0.15, 0.2) is 0 Å². The summed E-state index contributed by atoms with van der Waals surface area (Å²) in [6, 6.07) is 17.4. The van der Waals surface area contributed by atoms with Crippen LogP contribution >= 0.6 is 0 Å². The number of fused-ring (bicyclic) bond motifs is 2. The Morgan fingerprint density at radius 3 is 2.81 bits per heavy atom. The fourth-order valence-electron chi connectivity index (χ4n) is 3.33. The molecule has 6 heteroatoms. The van der Waals surface area contributed by atoms with E-state index in [1.54, 1.807) is 30.6 Å². The van der Waals surface area contributed by atoms with Gasteiger partial charge in [0.25, 0.3) is 5.91 Å². The van der Waals surface area contributed by atoms with Crippen molar-refractivity contribution in [3.8, 4) is 11.1 Å². The van der Waals surface area contributed by atoms with E-state index in [0.29, 0.717) is 11.4 Å². The van der Waals surface area contributed by atoms with Crippen LogP contribution in [0.15, 0.2) is 73.2 Å². The van der Waals surface area contributed by atoms with Gasteiger partial charge in [-0.25, -0.2) is 0 Å². The Morgan fingerprint density at radius 1 is 0.963 bits per heavy atom. The van der Waals surface area contributed by atoms with Crippen LogP contribution in [0.4, 0.5) is 5.69 Å². The molecule has 0 saturated carbocycles. The predicted molar refractivity (Wildman–Crippen MR) is 106 cm³/mol. The molecule has 0 fully saturated rings. The molecule has 2 aromatic carbocycles. The van der Waals surface area contributed by atoms with Crippen LogP contribution in [0.3, 0.4) is 0 Å². The van der Waals surface area contributed by atoms with Crippen molar-refractivity contribution in [2.24, 2.45) is 0 Å². The van der Waals surface area contributed by atoms with Crippen LogP contribution in [0, 0.1) is 0 Å². The molecule has 27 heavy (non-hydrogen) atoms. The minimum Gasteiger partial charge on any atom is -0.361 e. The molecule has 6 nitrogen and oxygen atoms in total. The van der Waals surface area contributed by atoms with E-state index >= 15 is 0 Å². The van der Waals surface area contributed by atoms with Crippen LogP contribution in [0.25, 0.3) is 32.9 Å². The molecule has 0 radical (unpaired) electrons. The summed E-state index contributed by atoms with van der Waals surface area (Å²) in [5.74, 6) is -0.255. The van der Waals surface area contributed by atoms with Gasteiger partial charge >= 0.3 is 0 Å². The van der Waals surface area contributed by atoms with Crippen LogP contribution in [0.1, 0.15) is 10.5 Å². The lowest BCUT2D eigenvalue weighted by atomic mass is 9.99. The van der Waals surface area contributed by atoms with Crippen molar-refractivity contribution in [3.63, 3.8) is 0 Å². The summed E-state index contributed by atoms with van der Waals surface area (Å²) in [5.41, 5.74) is 5.06. The molecule has 0 saturated heterocycles. The Labute approximate surface area is 154 Å². The normalized spacial score (nSPS) is 11.1. The number of nitrogens with zero attached hydrogens (tertiary/aromatic N) is 2. The van der Waals surface area contributed by atoms with Crippen LogP contribution in [0.5, 0.6) is 0 Å². The molecule has 0 aliphatic heterocycles. The average molecular weight is 353 g/mol. The van der Waals surface area contributed by atoms with E-state index < -0.39 is 0 Å². The highest BCUT2D eigenvalue weighted by Crippen LogP contribution is 2.34. The van der Waals surface area contributed by atoms with E-state index in [9.17, 15) is 4.79 Å². The van der Waals surface area contributed by atoms with E-state index in [2.05, 4.69) is 31.5 Å². The van der Waals surface area contributed by atoms with Crippen LogP contribution < -0.4 is 5.32 Å². The van der Waals surface area contributed by atoms with E-state index in [-0.39, 0.29) is 5.91 Å². The third kappa shape index (κ3) is 2.64.